The molecule has 0 radical (unpaired) electrons. The summed E-state index contributed by atoms with van der Waals surface area (Å²) >= 11 is 8.26. The number of rotatable bonds is 36. The number of aryl methyl sites for hydroxylation is 2. The summed E-state index contributed by atoms with van der Waals surface area (Å²) in [5.74, 6) is -5.55. The maximum atomic E-state index is 14.5. The van der Waals surface area contributed by atoms with Gasteiger partial charge in [-0.1, -0.05) is 136 Å². The van der Waals surface area contributed by atoms with E-state index in [2.05, 4.69) is 31.9 Å². The van der Waals surface area contributed by atoms with Crippen molar-refractivity contribution in [3.63, 3.8) is 0 Å². The molecule has 4 bridgehead atoms. The number of thioether (sulfide) groups is 1. The van der Waals surface area contributed by atoms with Crippen molar-refractivity contribution in [2.75, 3.05) is 69.7 Å². The number of carbonyl (C=O) groups excluding carboxylic acids is 10. The highest BCUT2D eigenvalue weighted by atomic mass is 35.5. The molecule has 28 nitrogen and oxygen atoms in total. The third-order valence-corrected chi connectivity index (χ3v) is 25.7. The molecular weight excluding hydrogens is 1610 g/mol. The van der Waals surface area contributed by atoms with Crippen LogP contribution < -0.4 is 41.5 Å². The van der Waals surface area contributed by atoms with Crippen LogP contribution in [0.2, 0.25) is 5.02 Å². The number of unbranched alkanes of at least 4 members (excludes halogenated alkanes) is 2. The number of alkyl carbamates (subject to hydrolysis) is 2. The molecule has 3 aliphatic rings. The molecule has 121 heavy (non-hydrogen) atoms. The quantitative estimate of drug-likeness (QED) is 0.00489. The average molecular weight is 1730 g/mol. The van der Waals surface area contributed by atoms with Crippen molar-refractivity contribution in [3.05, 3.63) is 171 Å². The van der Waals surface area contributed by atoms with Gasteiger partial charge in [-0.05, 0) is 165 Å². The molecule has 2 saturated heterocycles. The molecule has 0 saturated carbocycles. The van der Waals surface area contributed by atoms with Gasteiger partial charge in [-0.2, -0.15) is 0 Å². The van der Waals surface area contributed by atoms with Crippen LogP contribution in [-0.4, -0.2) is 197 Å². The lowest BCUT2D eigenvalue weighted by Gasteiger charge is -2.42. The Hall–Kier alpha value is -9.69. The second kappa shape index (κ2) is 42.9. The van der Waals surface area contributed by atoms with Gasteiger partial charge in [0.05, 0.1) is 41.6 Å². The van der Waals surface area contributed by atoms with Gasteiger partial charge >= 0.3 is 18.2 Å². The largest absolute Gasteiger partial charge is 0.495 e. The molecular formula is C90H119ClN8O20S2. The average Bonchev–Trinajstić information content (AvgIpc) is 1.57. The minimum Gasteiger partial charge on any atom is -0.495 e. The molecule has 3 aliphatic heterocycles. The van der Waals surface area contributed by atoms with Gasteiger partial charge < -0.3 is 74.6 Å². The van der Waals surface area contributed by atoms with Crippen LogP contribution in [0.5, 0.6) is 5.75 Å². The molecule has 0 aliphatic carbocycles. The number of ether oxygens (including phenoxy) is 7. The normalized spacial score (nSPS) is 20.5. The number of hydrogen-bond acceptors (Lipinski definition) is 21. The second-order valence-corrected chi connectivity index (χ2v) is 36.9. The lowest BCUT2D eigenvalue weighted by atomic mass is 9.83. The monoisotopic (exact) mass is 1730 g/mol. The van der Waals surface area contributed by atoms with Crippen molar-refractivity contribution in [2.45, 2.75) is 224 Å². The molecule has 3 heterocycles. The molecule has 8 rings (SSSR count). The summed E-state index contributed by atoms with van der Waals surface area (Å²) < 4.78 is 68.5. The van der Waals surface area contributed by atoms with E-state index in [1.807, 2.05) is 65.0 Å². The summed E-state index contributed by atoms with van der Waals surface area (Å²) in [7, 11) is 2.08. The van der Waals surface area contributed by atoms with E-state index in [1.54, 1.807) is 146 Å². The van der Waals surface area contributed by atoms with Crippen LogP contribution >= 0.6 is 23.4 Å². The number of carbonyl (C=O) groups is 10. The summed E-state index contributed by atoms with van der Waals surface area (Å²) in [6.07, 6.45) is 1.82. The highest BCUT2D eigenvalue weighted by Gasteiger charge is 2.65. The van der Waals surface area contributed by atoms with Gasteiger partial charge in [0.15, 0.2) is 21.3 Å². The fraction of sp³-hybridized carbons (Fsp3) is 0.511. The first-order chi connectivity index (χ1) is 57.0. The molecule has 7 N–H and O–H groups in total. The molecule has 2 fully saturated rings. The summed E-state index contributed by atoms with van der Waals surface area (Å²) in [6.45, 7) is 23.6. The van der Waals surface area contributed by atoms with E-state index in [9.17, 15) is 61.5 Å². The van der Waals surface area contributed by atoms with E-state index in [0.29, 0.717) is 60.4 Å². The Morgan fingerprint density at radius 2 is 1.47 bits per heavy atom. The van der Waals surface area contributed by atoms with Crippen LogP contribution in [0.3, 0.4) is 0 Å². The van der Waals surface area contributed by atoms with Gasteiger partial charge in [0.2, 0.25) is 29.5 Å². The molecule has 0 aromatic heterocycles. The molecule has 5 aromatic rings. The fourth-order valence-corrected chi connectivity index (χ4v) is 17.0. The Bertz CT molecular complexity index is 4680. The summed E-state index contributed by atoms with van der Waals surface area (Å²) in [4.78, 5) is 140. The van der Waals surface area contributed by atoms with E-state index >= 15 is 0 Å². The number of allylic oxidation sites excluding steroid dienone is 3. The highest BCUT2D eigenvalue weighted by Crippen LogP contribution is 2.50. The van der Waals surface area contributed by atoms with Crippen molar-refractivity contribution in [2.24, 2.45) is 23.2 Å². The van der Waals surface area contributed by atoms with Gasteiger partial charge in [-0.15, -0.1) is 11.8 Å². The van der Waals surface area contributed by atoms with Crippen molar-refractivity contribution < 1.29 is 94.6 Å². The van der Waals surface area contributed by atoms with E-state index in [-0.39, 0.29) is 96.1 Å². The number of amides is 8. The molecule has 31 heteroatoms. The Balaban J connectivity index is 0.723. The van der Waals surface area contributed by atoms with E-state index in [1.165, 1.54) is 56.7 Å². The van der Waals surface area contributed by atoms with Crippen LogP contribution in [0.25, 0.3) is 0 Å². The van der Waals surface area contributed by atoms with Crippen LogP contribution in [-0.2, 0) is 80.1 Å². The lowest BCUT2D eigenvalue weighted by Crippen LogP contribution is -2.63. The minimum absolute atomic E-state index is 0.0613. The Labute approximate surface area is 719 Å². The zero-order valence-electron chi connectivity index (χ0n) is 72.3. The first kappa shape index (κ1) is 96.8. The maximum absolute atomic E-state index is 14.5. The summed E-state index contributed by atoms with van der Waals surface area (Å²) in [5, 5.41) is 28.6. The lowest BCUT2D eigenvalue weighted by molar-refractivity contribution is -0.162. The van der Waals surface area contributed by atoms with Gasteiger partial charge in [0, 0.05) is 98.5 Å². The third-order valence-electron chi connectivity index (χ3n) is 22.4. The first-order valence-corrected chi connectivity index (χ1v) is 43.8. The Morgan fingerprint density at radius 3 is 2.12 bits per heavy atom. The number of benzene rings is 5. The molecule has 11 unspecified atom stereocenters. The second-order valence-electron chi connectivity index (χ2n) is 33.4. The van der Waals surface area contributed by atoms with Crippen molar-refractivity contribution in [1.29, 1.82) is 0 Å². The summed E-state index contributed by atoms with van der Waals surface area (Å²) in [5.41, 5.74) is 0.659. The third kappa shape index (κ3) is 27.2. The summed E-state index contributed by atoms with van der Waals surface area (Å²) in [6, 6.07) is 27.5. The van der Waals surface area contributed by atoms with Crippen molar-refractivity contribution in [3.8, 4) is 5.75 Å². The molecule has 658 valence electrons. The zero-order valence-corrected chi connectivity index (χ0v) is 74.7. The van der Waals surface area contributed by atoms with Crippen molar-refractivity contribution >= 4 is 104 Å². The first-order valence-electron chi connectivity index (χ1n) is 40.8. The Morgan fingerprint density at radius 1 is 0.818 bits per heavy atom. The van der Waals surface area contributed by atoms with Crippen molar-refractivity contribution in [1.82, 2.24) is 31.5 Å². The Kier molecular flexibility index (Phi) is 34.3. The van der Waals surface area contributed by atoms with Gasteiger partial charge in [-0.25, -0.2) is 22.8 Å². The number of nitrogens with one attached hydrogen (secondary N) is 6. The number of likely N-dealkylation sites (N-methyl/N-ethyl adjacent to an activating group) is 1. The number of anilines is 2. The van der Waals surface area contributed by atoms with Crippen LogP contribution in [0, 0.1) is 37.0 Å². The van der Waals surface area contributed by atoms with Gasteiger partial charge in [0.25, 0.3) is 5.91 Å². The fourth-order valence-electron chi connectivity index (χ4n) is 14.0. The minimum atomic E-state index is -3.82. The van der Waals surface area contributed by atoms with E-state index in [0.717, 1.165) is 27.2 Å². The number of sulfone groups is 1. The number of aliphatic hydroxyl groups is 1. The van der Waals surface area contributed by atoms with Gasteiger partial charge in [0.1, 0.15) is 59.4 Å². The molecule has 5 aromatic carbocycles. The SMILES string of the molecule is COc1cc2cc(c1Cl)N(C)C(=O)CC(OC(=O)C(C)N(C)C(=O)CCCCCNC(=O)OCc1ccc(NC(=O)C(C)NC(=O)C(NC(=O)C(C)(C)CCOC(C)(C)CCNC(=O)c3ccc(C(=O)C(CSc4ccc(C)cc4)CS(=O)(=O)c4ccc(C)cc4)cc3)C(C)C)cc1)C1(C)OC1C(C)C1CC(O)(NC(=O)O1)C(OC)C=CC=C(C)C2. The number of Topliss-reactive ketones (excluding diaryl/α,β-unsaturated/α-hetero) is 1. The van der Waals surface area contributed by atoms with E-state index in [4.69, 9.17) is 44.8 Å². The predicted octanol–water partition coefficient (Wildman–Crippen LogP) is 12.3. The molecule has 0 spiro atoms. The predicted molar refractivity (Wildman–Crippen MR) is 462 cm³/mol. The number of nitrogens with zero attached hydrogens (tertiary/aromatic N) is 2. The standard InChI is InChI=1S/C90H119ClN8O20S2/c1-54(2)77(96-84(107)87(9,10)42-45-116-88(11,12)41-44-92-81(104)64-33-31-63(32-34-64)78(102)65(52-120-67-37-25-55(3)26-38-67)53-121(111,112)68-39-27-56(4)28-40-68)82(105)94-59(7)80(103)95-66-35-29-61(30-36-66)51-115-85(108)93-43-20-18-19-24-74(100)98(14)60(8)83(106)118-73-49-75(101)99(15)69-47-62(48-70(113-16)76(69)91)46-57(5)22-21-23-72(114-17)90(110)50-71(117-86(109)97-90)58(6)79-89(73,13)119-79/h21-23,25-40,47-48,54,58-60,65,71-73,77,79,110H,18-20,24,41-46,49-53H2,1-17H3,(H,92,104)(H,93,108)(H,94,105)(H,95,103)(H,96,107)(H,97,109). The number of epoxide rings is 1. The van der Waals surface area contributed by atoms with Crippen LogP contribution in [0.15, 0.2) is 143 Å². The topological polar surface area (TPSA) is 372 Å². The number of esters is 1. The van der Waals surface area contributed by atoms with Crippen LogP contribution in [0.1, 0.15) is 170 Å². The number of hydrogen-bond donors (Lipinski definition) is 7. The van der Waals surface area contributed by atoms with E-state index < -0.39 is 135 Å². The highest BCUT2D eigenvalue weighted by molar-refractivity contribution is 7.99. The molecule has 11 atom stereocenters. The van der Waals surface area contributed by atoms with Gasteiger partial charge in [-0.3, -0.25) is 38.9 Å². The zero-order chi connectivity index (χ0) is 89.1. The number of fused-ring (bicyclic) bond motifs is 5. The van der Waals surface area contributed by atoms with Crippen LogP contribution in [0.4, 0.5) is 21.0 Å². The smallest absolute Gasteiger partial charge is 0.409 e. The maximum Gasteiger partial charge on any atom is 0.409 e. The number of ketones is 1. The number of halogens is 1. The molecule has 8 amide bonds. The number of methoxy groups -OCH3 is 2.